The summed E-state index contributed by atoms with van der Waals surface area (Å²) in [5, 5.41) is 1.11. The number of pyridine rings is 1. The number of halogens is 4. The van der Waals surface area contributed by atoms with E-state index in [2.05, 4.69) is 9.72 Å². The van der Waals surface area contributed by atoms with Crippen molar-refractivity contribution in [3.8, 4) is 0 Å². The van der Waals surface area contributed by atoms with Crippen LogP contribution in [-0.2, 0) is 19.9 Å². The first-order valence-corrected chi connectivity index (χ1v) is 7.87. The fraction of sp³-hybridized carbons (Fsp3) is 0.429. The Bertz CT molecular complexity index is 755. The highest BCUT2D eigenvalue weighted by Crippen LogP contribution is 2.51. The average Bonchev–Trinajstić information content (AvgIpc) is 2.76. The van der Waals surface area contributed by atoms with Gasteiger partial charge in [-0.1, -0.05) is 11.6 Å². The number of carbonyl (C=O) groups is 1. The van der Waals surface area contributed by atoms with Crippen molar-refractivity contribution in [1.29, 1.82) is 0 Å². The molecule has 124 valence electrons. The number of thiophene rings is 1. The molecule has 4 nitrogen and oxygen atoms in total. The van der Waals surface area contributed by atoms with Gasteiger partial charge in [-0.05, 0) is 18.2 Å². The second kappa shape index (κ2) is 5.61. The van der Waals surface area contributed by atoms with Crippen LogP contribution in [0.2, 0.25) is 5.15 Å². The van der Waals surface area contributed by atoms with Crippen LogP contribution in [0.25, 0.3) is 10.2 Å². The van der Waals surface area contributed by atoms with E-state index in [0.29, 0.717) is 14.9 Å². The monoisotopic (exact) mass is 365 g/mol. The number of carbonyl (C=O) groups excluding carboxylic acids is 1. The van der Waals surface area contributed by atoms with Crippen molar-refractivity contribution in [2.24, 2.45) is 0 Å². The van der Waals surface area contributed by atoms with Gasteiger partial charge in [-0.3, -0.25) is 9.53 Å². The number of nitrogens with zero attached hydrogens (tertiary/aromatic N) is 1. The average molecular weight is 366 g/mol. The van der Waals surface area contributed by atoms with Gasteiger partial charge in [0.25, 0.3) is 0 Å². The number of aromatic nitrogens is 1. The molecule has 1 saturated carbocycles. The van der Waals surface area contributed by atoms with Crippen molar-refractivity contribution in [1.82, 2.24) is 4.98 Å². The smallest absolute Gasteiger partial charge is 0.453 e. The standard InChI is InChI=1S/C14H11ClF3NO3S/c1-7(20)21-13(5-9(6-13)22-14(16,17)18)10-4-8-2-3-11(15)19-12(8)23-10/h2-4,9H,5-6H2,1H3. The molecular weight excluding hydrogens is 355 g/mol. The Morgan fingerprint density at radius 3 is 2.74 bits per heavy atom. The maximum Gasteiger partial charge on any atom is 0.522 e. The van der Waals surface area contributed by atoms with Gasteiger partial charge in [-0.15, -0.1) is 24.5 Å². The van der Waals surface area contributed by atoms with Crippen molar-refractivity contribution in [2.45, 2.75) is 37.8 Å². The van der Waals surface area contributed by atoms with Gasteiger partial charge in [0, 0.05) is 25.2 Å². The van der Waals surface area contributed by atoms with E-state index in [1.807, 2.05) is 0 Å². The molecule has 2 heterocycles. The van der Waals surface area contributed by atoms with Gasteiger partial charge in [-0.25, -0.2) is 4.98 Å². The quantitative estimate of drug-likeness (QED) is 0.597. The number of hydrogen-bond donors (Lipinski definition) is 0. The largest absolute Gasteiger partial charge is 0.522 e. The fourth-order valence-electron chi connectivity index (χ4n) is 2.68. The SMILES string of the molecule is CC(=O)OC1(c2cc3ccc(Cl)nc3s2)CC(OC(F)(F)F)C1. The first kappa shape index (κ1) is 16.5. The highest BCUT2D eigenvalue weighted by molar-refractivity contribution is 7.18. The molecule has 0 unspecified atom stereocenters. The number of hydrogen-bond acceptors (Lipinski definition) is 5. The van der Waals surface area contributed by atoms with Gasteiger partial charge in [-0.2, -0.15) is 0 Å². The Labute approximate surface area is 138 Å². The Hall–Kier alpha value is -1.38. The van der Waals surface area contributed by atoms with Crippen LogP contribution in [0.4, 0.5) is 13.2 Å². The molecule has 9 heteroatoms. The Kier molecular flexibility index (Phi) is 4.02. The molecule has 0 bridgehead atoms. The maximum absolute atomic E-state index is 12.3. The van der Waals surface area contributed by atoms with E-state index in [0.717, 1.165) is 5.39 Å². The van der Waals surface area contributed by atoms with Crippen molar-refractivity contribution in [3.05, 3.63) is 28.2 Å². The molecule has 0 atom stereocenters. The van der Waals surface area contributed by atoms with Crippen LogP contribution in [0.15, 0.2) is 18.2 Å². The maximum atomic E-state index is 12.3. The minimum Gasteiger partial charge on any atom is -0.453 e. The summed E-state index contributed by atoms with van der Waals surface area (Å²) < 4.78 is 46.2. The van der Waals surface area contributed by atoms with E-state index in [4.69, 9.17) is 16.3 Å². The lowest BCUT2D eigenvalue weighted by molar-refractivity contribution is -0.364. The minimum absolute atomic E-state index is 0.0490. The molecule has 2 aromatic rings. The third-order valence-corrected chi connectivity index (χ3v) is 4.99. The number of rotatable bonds is 3. The number of fused-ring (bicyclic) bond motifs is 1. The predicted octanol–water partition coefficient (Wildman–Crippen LogP) is 4.41. The van der Waals surface area contributed by atoms with Crippen LogP contribution < -0.4 is 0 Å². The van der Waals surface area contributed by atoms with Crippen LogP contribution in [-0.4, -0.2) is 23.4 Å². The lowest BCUT2D eigenvalue weighted by Gasteiger charge is -2.45. The van der Waals surface area contributed by atoms with E-state index >= 15 is 0 Å². The Balaban J connectivity index is 1.89. The molecule has 0 radical (unpaired) electrons. The summed E-state index contributed by atoms with van der Waals surface area (Å²) in [5.41, 5.74) is -1.10. The van der Waals surface area contributed by atoms with Crippen LogP contribution >= 0.6 is 22.9 Å². The number of esters is 1. The molecule has 1 fully saturated rings. The van der Waals surface area contributed by atoms with Gasteiger partial charge >= 0.3 is 12.3 Å². The normalized spacial score (nSPS) is 24.5. The zero-order chi connectivity index (χ0) is 16.8. The van der Waals surface area contributed by atoms with E-state index < -0.39 is 24.0 Å². The molecule has 2 aromatic heterocycles. The van der Waals surface area contributed by atoms with E-state index in [1.165, 1.54) is 18.3 Å². The highest BCUT2D eigenvalue weighted by Gasteiger charge is 2.53. The third-order valence-electron chi connectivity index (χ3n) is 3.55. The second-order valence-electron chi connectivity index (χ2n) is 5.32. The zero-order valence-corrected chi connectivity index (χ0v) is 13.4. The summed E-state index contributed by atoms with van der Waals surface area (Å²) in [6.07, 6.45) is -5.84. The van der Waals surface area contributed by atoms with E-state index in [1.54, 1.807) is 18.2 Å². The van der Waals surface area contributed by atoms with E-state index in [-0.39, 0.29) is 12.8 Å². The summed E-state index contributed by atoms with van der Waals surface area (Å²) in [4.78, 5) is 16.8. The van der Waals surface area contributed by atoms with Crippen molar-refractivity contribution in [3.63, 3.8) is 0 Å². The summed E-state index contributed by atoms with van der Waals surface area (Å²) in [7, 11) is 0. The molecule has 3 rings (SSSR count). The van der Waals surface area contributed by atoms with Gasteiger partial charge < -0.3 is 4.74 Å². The first-order chi connectivity index (χ1) is 10.7. The molecule has 1 aliphatic rings. The zero-order valence-electron chi connectivity index (χ0n) is 11.8. The molecule has 0 N–H and O–H groups in total. The Morgan fingerprint density at radius 2 is 2.13 bits per heavy atom. The summed E-state index contributed by atoms with van der Waals surface area (Å²) in [5.74, 6) is -0.557. The topological polar surface area (TPSA) is 48.4 Å². The number of ether oxygens (including phenoxy) is 2. The molecule has 0 aromatic carbocycles. The van der Waals surface area contributed by atoms with Crippen LogP contribution in [0.1, 0.15) is 24.6 Å². The van der Waals surface area contributed by atoms with Gasteiger partial charge in [0.05, 0.1) is 11.0 Å². The van der Waals surface area contributed by atoms with Gasteiger partial charge in [0.1, 0.15) is 9.98 Å². The number of alkyl halides is 3. The van der Waals surface area contributed by atoms with Crippen LogP contribution in [0.3, 0.4) is 0 Å². The fourth-order valence-corrected chi connectivity index (χ4v) is 4.05. The third kappa shape index (κ3) is 3.44. The molecule has 0 aliphatic heterocycles. The van der Waals surface area contributed by atoms with Crippen LogP contribution in [0.5, 0.6) is 0 Å². The van der Waals surface area contributed by atoms with Crippen molar-refractivity contribution < 1.29 is 27.4 Å². The van der Waals surface area contributed by atoms with Gasteiger partial charge in [0.15, 0.2) is 5.60 Å². The lowest BCUT2D eigenvalue weighted by atomic mass is 9.76. The molecule has 0 spiro atoms. The van der Waals surface area contributed by atoms with Gasteiger partial charge in [0.2, 0.25) is 0 Å². The van der Waals surface area contributed by atoms with Crippen molar-refractivity contribution in [2.75, 3.05) is 0 Å². The molecular formula is C14H11ClF3NO3S. The molecule has 23 heavy (non-hydrogen) atoms. The molecule has 1 aliphatic carbocycles. The second-order valence-corrected chi connectivity index (χ2v) is 6.74. The first-order valence-electron chi connectivity index (χ1n) is 6.68. The molecule has 0 saturated heterocycles. The summed E-state index contributed by atoms with van der Waals surface area (Å²) in [6.45, 7) is 1.22. The summed E-state index contributed by atoms with van der Waals surface area (Å²) >= 11 is 7.08. The Morgan fingerprint density at radius 1 is 1.43 bits per heavy atom. The van der Waals surface area contributed by atoms with Crippen molar-refractivity contribution >= 4 is 39.1 Å². The molecule has 0 amide bonds. The minimum atomic E-state index is -4.71. The lowest BCUT2D eigenvalue weighted by Crippen LogP contribution is -2.49. The highest BCUT2D eigenvalue weighted by atomic mass is 35.5. The summed E-state index contributed by atoms with van der Waals surface area (Å²) in [6, 6.07) is 5.14. The predicted molar refractivity (Wildman–Crippen MR) is 78.2 cm³/mol. The van der Waals surface area contributed by atoms with Crippen LogP contribution in [0, 0.1) is 0 Å². The van der Waals surface area contributed by atoms with E-state index in [9.17, 15) is 18.0 Å².